The second-order valence-corrected chi connectivity index (χ2v) is 8.92. The van der Waals surface area contributed by atoms with Crippen molar-refractivity contribution in [2.24, 2.45) is 17.8 Å². The Hall–Kier alpha value is -2.03. The van der Waals surface area contributed by atoms with Gasteiger partial charge in [-0.25, -0.2) is 0 Å². The minimum absolute atomic E-state index is 0.0416. The monoisotopic (exact) mass is 349 g/mol. The van der Waals surface area contributed by atoms with Gasteiger partial charge in [0.25, 0.3) is 5.91 Å². The number of hydrogen-bond acceptors (Lipinski definition) is 2. The van der Waals surface area contributed by atoms with E-state index in [-0.39, 0.29) is 11.4 Å². The smallest absolute Gasteiger partial charge is 0.261 e. The number of amides is 1. The van der Waals surface area contributed by atoms with Crippen LogP contribution in [0.15, 0.2) is 42.5 Å². The van der Waals surface area contributed by atoms with Crippen LogP contribution < -0.4 is 10.1 Å². The van der Waals surface area contributed by atoms with E-state index in [9.17, 15) is 4.79 Å². The van der Waals surface area contributed by atoms with Crippen LogP contribution in [0.2, 0.25) is 0 Å². The first-order chi connectivity index (χ1) is 12.6. The van der Waals surface area contributed by atoms with Crippen LogP contribution in [0.3, 0.4) is 0 Å². The number of ether oxygens (including phenoxy) is 1. The summed E-state index contributed by atoms with van der Waals surface area (Å²) in [6.07, 6.45) is 7.20. The molecule has 4 fully saturated rings. The van der Waals surface area contributed by atoms with Gasteiger partial charge in [0.2, 0.25) is 0 Å². The van der Waals surface area contributed by atoms with Crippen LogP contribution in [0, 0.1) is 17.8 Å². The van der Waals surface area contributed by atoms with E-state index < -0.39 is 6.10 Å². The summed E-state index contributed by atoms with van der Waals surface area (Å²) in [5, 5.41) is 5.63. The molecule has 3 heteroatoms. The summed E-state index contributed by atoms with van der Waals surface area (Å²) in [6, 6.07) is 14.2. The van der Waals surface area contributed by atoms with Gasteiger partial charge in [0.1, 0.15) is 5.75 Å². The van der Waals surface area contributed by atoms with Crippen molar-refractivity contribution >= 4 is 16.7 Å². The normalized spacial score (nSPS) is 33.2. The summed E-state index contributed by atoms with van der Waals surface area (Å²) in [7, 11) is 0. The Morgan fingerprint density at radius 1 is 1.00 bits per heavy atom. The molecule has 0 aliphatic heterocycles. The minimum atomic E-state index is -0.478. The topological polar surface area (TPSA) is 38.3 Å². The van der Waals surface area contributed by atoms with Gasteiger partial charge in [-0.2, -0.15) is 0 Å². The number of fused-ring (bicyclic) bond motifs is 1. The molecule has 0 aromatic heterocycles. The summed E-state index contributed by atoms with van der Waals surface area (Å²) in [4.78, 5) is 12.9. The highest BCUT2D eigenvalue weighted by Gasteiger charge is 2.51. The molecule has 6 rings (SSSR count). The van der Waals surface area contributed by atoms with Crippen molar-refractivity contribution in [1.82, 2.24) is 5.32 Å². The first kappa shape index (κ1) is 16.2. The second kappa shape index (κ2) is 6.00. The molecule has 1 atom stereocenters. The molecule has 0 saturated heterocycles. The number of rotatable bonds is 4. The molecule has 4 bridgehead atoms. The molecule has 4 aliphatic carbocycles. The summed E-state index contributed by atoms with van der Waals surface area (Å²) in [6.45, 7) is 1.87. The Morgan fingerprint density at radius 2 is 1.62 bits per heavy atom. The standard InChI is InChI=1S/C23H27NO2/c1-15(26-21-8-4-6-19-5-2-3-7-20(19)21)22(25)24-23-12-16-9-17(13-23)11-18(10-16)14-23/h2-8,15-18H,9-14H2,1H3,(H,24,25). The lowest BCUT2D eigenvalue weighted by molar-refractivity contribution is -0.133. The number of carbonyl (C=O) groups is 1. The van der Waals surface area contributed by atoms with E-state index in [1.807, 2.05) is 37.3 Å². The van der Waals surface area contributed by atoms with Gasteiger partial charge in [0, 0.05) is 10.9 Å². The zero-order valence-electron chi connectivity index (χ0n) is 15.4. The third-order valence-corrected chi connectivity index (χ3v) is 6.85. The molecule has 1 N–H and O–H groups in total. The molecule has 0 spiro atoms. The van der Waals surface area contributed by atoms with Gasteiger partial charge in [-0.05, 0) is 74.7 Å². The summed E-state index contributed by atoms with van der Waals surface area (Å²) in [5.41, 5.74) is 0.0439. The Balaban J connectivity index is 1.31. The largest absolute Gasteiger partial charge is 0.480 e. The van der Waals surface area contributed by atoms with E-state index in [4.69, 9.17) is 4.74 Å². The lowest BCUT2D eigenvalue weighted by Gasteiger charge is -2.57. The van der Waals surface area contributed by atoms with E-state index in [2.05, 4.69) is 17.4 Å². The maximum Gasteiger partial charge on any atom is 0.261 e. The molecule has 1 amide bonds. The summed E-state index contributed by atoms with van der Waals surface area (Å²) < 4.78 is 6.09. The van der Waals surface area contributed by atoms with Gasteiger partial charge < -0.3 is 10.1 Å². The number of benzene rings is 2. The molecule has 2 aromatic rings. The molecule has 4 aliphatic rings. The van der Waals surface area contributed by atoms with Crippen LogP contribution in [0.4, 0.5) is 0 Å². The van der Waals surface area contributed by atoms with Crippen LogP contribution in [-0.4, -0.2) is 17.6 Å². The lowest BCUT2D eigenvalue weighted by atomic mass is 9.53. The Morgan fingerprint density at radius 3 is 2.31 bits per heavy atom. The Kier molecular flexibility index (Phi) is 3.73. The van der Waals surface area contributed by atoms with E-state index >= 15 is 0 Å². The molecule has 136 valence electrons. The second-order valence-electron chi connectivity index (χ2n) is 8.92. The van der Waals surface area contributed by atoms with Gasteiger partial charge in [0.05, 0.1) is 0 Å². The predicted octanol–water partition coefficient (Wildman–Crippen LogP) is 4.69. The SMILES string of the molecule is CC(Oc1cccc2ccccc12)C(=O)NC12CC3CC(CC(C3)C1)C2. The Bertz CT molecular complexity index is 802. The molecule has 26 heavy (non-hydrogen) atoms. The average Bonchev–Trinajstić information content (AvgIpc) is 2.60. The van der Waals surface area contributed by atoms with Crippen LogP contribution in [-0.2, 0) is 4.79 Å². The average molecular weight is 349 g/mol. The van der Waals surface area contributed by atoms with Crippen LogP contribution in [0.5, 0.6) is 5.75 Å². The zero-order chi connectivity index (χ0) is 17.7. The van der Waals surface area contributed by atoms with Crippen LogP contribution >= 0.6 is 0 Å². The molecular weight excluding hydrogens is 322 g/mol. The van der Waals surface area contributed by atoms with E-state index in [0.29, 0.717) is 0 Å². The fourth-order valence-electron chi connectivity index (χ4n) is 6.17. The van der Waals surface area contributed by atoms with Gasteiger partial charge in [0.15, 0.2) is 6.10 Å². The van der Waals surface area contributed by atoms with E-state index in [0.717, 1.165) is 34.3 Å². The first-order valence-corrected chi connectivity index (χ1v) is 10.1. The van der Waals surface area contributed by atoms with Crippen molar-refractivity contribution in [3.05, 3.63) is 42.5 Å². The molecule has 0 heterocycles. The fraction of sp³-hybridized carbons (Fsp3) is 0.522. The summed E-state index contributed by atoms with van der Waals surface area (Å²) >= 11 is 0. The third-order valence-electron chi connectivity index (χ3n) is 6.85. The van der Waals surface area contributed by atoms with Crippen molar-refractivity contribution in [3.8, 4) is 5.75 Å². The van der Waals surface area contributed by atoms with Crippen LogP contribution in [0.1, 0.15) is 45.4 Å². The maximum atomic E-state index is 12.9. The molecule has 0 radical (unpaired) electrons. The molecule has 2 aromatic carbocycles. The molecule has 4 saturated carbocycles. The highest BCUT2D eigenvalue weighted by Crippen LogP contribution is 2.55. The Labute approximate surface area is 155 Å². The van der Waals surface area contributed by atoms with Crippen molar-refractivity contribution in [2.45, 2.75) is 57.1 Å². The van der Waals surface area contributed by atoms with Gasteiger partial charge >= 0.3 is 0 Å². The van der Waals surface area contributed by atoms with Gasteiger partial charge in [-0.15, -0.1) is 0 Å². The zero-order valence-corrected chi connectivity index (χ0v) is 15.4. The van der Waals surface area contributed by atoms with E-state index in [1.165, 1.54) is 38.5 Å². The quantitative estimate of drug-likeness (QED) is 0.869. The molecular formula is C23H27NO2. The van der Waals surface area contributed by atoms with Gasteiger partial charge in [-0.1, -0.05) is 36.4 Å². The lowest BCUT2D eigenvalue weighted by Crippen LogP contribution is -2.61. The molecule has 1 unspecified atom stereocenters. The number of carbonyl (C=O) groups excluding carboxylic acids is 1. The van der Waals surface area contributed by atoms with Gasteiger partial charge in [-0.3, -0.25) is 4.79 Å². The van der Waals surface area contributed by atoms with Crippen LogP contribution in [0.25, 0.3) is 10.8 Å². The number of nitrogens with one attached hydrogen (secondary N) is 1. The van der Waals surface area contributed by atoms with Crippen molar-refractivity contribution in [2.75, 3.05) is 0 Å². The van der Waals surface area contributed by atoms with Crippen molar-refractivity contribution < 1.29 is 9.53 Å². The number of hydrogen-bond donors (Lipinski definition) is 1. The maximum absolute atomic E-state index is 12.9. The first-order valence-electron chi connectivity index (χ1n) is 10.1. The predicted molar refractivity (Wildman–Crippen MR) is 103 cm³/mol. The fourth-order valence-corrected chi connectivity index (χ4v) is 6.17. The van der Waals surface area contributed by atoms with Crippen molar-refractivity contribution in [1.29, 1.82) is 0 Å². The minimum Gasteiger partial charge on any atom is -0.480 e. The van der Waals surface area contributed by atoms with E-state index in [1.54, 1.807) is 0 Å². The molecule has 3 nitrogen and oxygen atoms in total. The van der Waals surface area contributed by atoms with Crippen molar-refractivity contribution in [3.63, 3.8) is 0 Å². The highest BCUT2D eigenvalue weighted by atomic mass is 16.5. The highest BCUT2D eigenvalue weighted by molar-refractivity contribution is 5.89. The summed E-state index contributed by atoms with van der Waals surface area (Å²) in [5.74, 6) is 3.32. The third kappa shape index (κ3) is 2.78.